The van der Waals surface area contributed by atoms with Crippen molar-refractivity contribution in [3.8, 4) is 0 Å². The van der Waals surface area contributed by atoms with Gasteiger partial charge in [0.2, 0.25) is 0 Å². The van der Waals surface area contributed by atoms with Gasteiger partial charge in [0.15, 0.2) is 5.17 Å². The van der Waals surface area contributed by atoms with E-state index in [2.05, 4.69) is 10.2 Å². The van der Waals surface area contributed by atoms with Crippen LogP contribution in [0.2, 0.25) is 10.0 Å². The number of benzene rings is 2. The minimum Gasteiger partial charge on any atom is -0.467 e. The fraction of sp³-hybridized carbons (Fsp3) is 0.0455. The van der Waals surface area contributed by atoms with Crippen molar-refractivity contribution >= 4 is 58.3 Å². The molecule has 1 fully saturated rings. The van der Waals surface area contributed by atoms with Crippen molar-refractivity contribution in [3.63, 3.8) is 0 Å². The van der Waals surface area contributed by atoms with Crippen molar-refractivity contribution in [2.24, 2.45) is 10.2 Å². The summed E-state index contributed by atoms with van der Waals surface area (Å²) in [6.45, 7) is 0.174. The second kappa shape index (κ2) is 9.51. The van der Waals surface area contributed by atoms with Gasteiger partial charge in [0.1, 0.15) is 11.6 Å². The number of furan rings is 1. The number of halogens is 3. The summed E-state index contributed by atoms with van der Waals surface area (Å²) >= 11 is 13.5. The van der Waals surface area contributed by atoms with Gasteiger partial charge in [-0.2, -0.15) is 5.10 Å². The van der Waals surface area contributed by atoms with Gasteiger partial charge in [-0.1, -0.05) is 53.5 Å². The van der Waals surface area contributed by atoms with Crippen LogP contribution >= 0.6 is 35.0 Å². The summed E-state index contributed by atoms with van der Waals surface area (Å²) in [6.07, 6.45) is 4.48. The molecule has 0 atom stereocenters. The molecule has 0 spiro atoms. The van der Waals surface area contributed by atoms with Gasteiger partial charge >= 0.3 is 0 Å². The van der Waals surface area contributed by atoms with Crippen LogP contribution in [0.3, 0.4) is 0 Å². The zero-order valence-electron chi connectivity index (χ0n) is 15.8. The molecule has 156 valence electrons. The molecule has 31 heavy (non-hydrogen) atoms. The van der Waals surface area contributed by atoms with Gasteiger partial charge in [-0.05, 0) is 47.7 Å². The van der Waals surface area contributed by atoms with E-state index in [1.807, 2.05) is 0 Å². The molecule has 0 unspecified atom stereocenters. The number of carbonyl (C=O) groups excluding carboxylic acids is 1. The Kier molecular flexibility index (Phi) is 6.56. The lowest BCUT2D eigenvalue weighted by atomic mass is 10.2. The summed E-state index contributed by atoms with van der Waals surface area (Å²) < 4.78 is 19.2. The molecule has 0 bridgehead atoms. The van der Waals surface area contributed by atoms with Crippen LogP contribution in [0.25, 0.3) is 6.08 Å². The third kappa shape index (κ3) is 4.90. The molecule has 1 aliphatic heterocycles. The fourth-order valence-electron chi connectivity index (χ4n) is 2.77. The number of carbonyl (C=O) groups is 1. The lowest BCUT2D eigenvalue weighted by Crippen LogP contribution is -2.28. The molecule has 3 aromatic rings. The van der Waals surface area contributed by atoms with Crippen LogP contribution in [0.4, 0.5) is 4.39 Å². The van der Waals surface area contributed by atoms with Crippen LogP contribution in [0.5, 0.6) is 0 Å². The SMILES string of the molecule is O=C1/C(=C/c2cccc(Cl)c2Cl)S/C(=N\N=C\c2ccccc2F)N1Cc1ccco1. The lowest BCUT2D eigenvalue weighted by molar-refractivity contribution is -0.122. The predicted molar refractivity (Wildman–Crippen MR) is 123 cm³/mol. The van der Waals surface area contributed by atoms with Crippen molar-refractivity contribution in [2.45, 2.75) is 6.54 Å². The van der Waals surface area contributed by atoms with E-state index in [-0.39, 0.29) is 12.5 Å². The van der Waals surface area contributed by atoms with E-state index in [4.69, 9.17) is 27.6 Å². The fourth-order valence-corrected chi connectivity index (χ4v) is 4.06. The molecular weight excluding hydrogens is 460 g/mol. The standard InChI is InChI=1S/C22H14Cl2FN3O2S/c23-17-8-3-6-14(20(17)24)11-19-21(29)28(13-16-7-4-10-30-16)22(31-19)27-26-12-15-5-1-2-9-18(15)25/h1-12H,13H2/b19-11-,26-12+,27-22-. The van der Waals surface area contributed by atoms with Gasteiger partial charge in [0.05, 0.1) is 34.0 Å². The molecule has 1 amide bonds. The smallest absolute Gasteiger partial charge is 0.267 e. The summed E-state index contributed by atoms with van der Waals surface area (Å²) in [4.78, 5) is 14.9. The number of thioether (sulfide) groups is 1. The monoisotopic (exact) mass is 473 g/mol. The molecule has 0 saturated carbocycles. The molecule has 1 aliphatic rings. The number of hydrogen-bond acceptors (Lipinski definition) is 5. The molecule has 2 heterocycles. The minimum absolute atomic E-state index is 0.174. The van der Waals surface area contributed by atoms with Crippen molar-refractivity contribution in [2.75, 3.05) is 0 Å². The van der Waals surface area contributed by atoms with E-state index in [0.717, 1.165) is 11.8 Å². The average molecular weight is 474 g/mol. The molecule has 0 N–H and O–H groups in total. The van der Waals surface area contributed by atoms with Gasteiger partial charge in [0.25, 0.3) is 5.91 Å². The zero-order valence-corrected chi connectivity index (χ0v) is 18.2. The quantitative estimate of drug-likeness (QED) is 0.250. The van der Waals surface area contributed by atoms with Crippen LogP contribution in [-0.4, -0.2) is 22.2 Å². The van der Waals surface area contributed by atoms with Crippen molar-refractivity contribution in [3.05, 3.63) is 98.5 Å². The van der Waals surface area contributed by atoms with Crippen LogP contribution in [0.15, 0.2) is 80.4 Å². The predicted octanol–water partition coefficient (Wildman–Crippen LogP) is 6.23. The Balaban J connectivity index is 1.66. The second-order valence-corrected chi connectivity index (χ2v) is 8.17. The Hall–Kier alpha value is -2.87. The Morgan fingerprint density at radius 1 is 1.06 bits per heavy atom. The molecule has 1 aromatic heterocycles. The first-order chi connectivity index (χ1) is 15.0. The van der Waals surface area contributed by atoms with Crippen molar-refractivity contribution < 1.29 is 13.6 Å². The molecule has 0 aliphatic carbocycles. The van der Waals surface area contributed by atoms with E-state index < -0.39 is 5.82 Å². The molecule has 0 radical (unpaired) electrons. The maximum absolute atomic E-state index is 13.8. The van der Waals surface area contributed by atoms with Gasteiger partial charge in [0, 0.05) is 5.56 Å². The summed E-state index contributed by atoms with van der Waals surface area (Å²) in [5.41, 5.74) is 0.902. The maximum Gasteiger partial charge on any atom is 0.267 e. The number of amidine groups is 1. The van der Waals surface area contributed by atoms with Gasteiger partial charge < -0.3 is 4.42 Å². The lowest BCUT2D eigenvalue weighted by Gasteiger charge is -2.12. The highest BCUT2D eigenvalue weighted by molar-refractivity contribution is 8.18. The highest BCUT2D eigenvalue weighted by Gasteiger charge is 2.34. The molecular formula is C22H14Cl2FN3O2S. The van der Waals surface area contributed by atoms with Crippen molar-refractivity contribution in [1.29, 1.82) is 0 Å². The molecule has 1 saturated heterocycles. The molecule has 5 nitrogen and oxygen atoms in total. The first-order valence-electron chi connectivity index (χ1n) is 9.06. The summed E-state index contributed by atoms with van der Waals surface area (Å²) in [5.74, 6) is -0.107. The summed E-state index contributed by atoms with van der Waals surface area (Å²) in [6, 6.07) is 14.9. The third-order valence-corrected chi connectivity index (χ3v) is 6.13. The van der Waals surface area contributed by atoms with Gasteiger partial charge in [-0.25, -0.2) is 4.39 Å². The van der Waals surface area contributed by atoms with E-state index in [9.17, 15) is 9.18 Å². The topological polar surface area (TPSA) is 58.2 Å². The number of rotatable bonds is 5. The molecule has 4 rings (SSSR count). The normalized spacial score (nSPS) is 16.9. The Morgan fingerprint density at radius 2 is 1.87 bits per heavy atom. The van der Waals surface area contributed by atoms with Crippen LogP contribution in [0.1, 0.15) is 16.9 Å². The summed E-state index contributed by atoms with van der Waals surface area (Å²) in [7, 11) is 0. The van der Waals surface area contributed by atoms with Gasteiger partial charge in [-0.15, -0.1) is 5.10 Å². The minimum atomic E-state index is -0.412. The maximum atomic E-state index is 13.8. The number of nitrogens with zero attached hydrogens (tertiary/aromatic N) is 3. The van der Waals surface area contributed by atoms with Crippen LogP contribution < -0.4 is 0 Å². The average Bonchev–Trinajstić information content (AvgIpc) is 3.37. The summed E-state index contributed by atoms with van der Waals surface area (Å²) in [5, 5.41) is 9.20. The van der Waals surface area contributed by atoms with Crippen LogP contribution in [0, 0.1) is 5.82 Å². The first-order valence-corrected chi connectivity index (χ1v) is 10.6. The van der Waals surface area contributed by atoms with E-state index in [0.29, 0.717) is 37.0 Å². The third-order valence-electron chi connectivity index (χ3n) is 4.30. The zero-order chi connectivity index (χ0) is 21.8. The Morgan fingerprint density at radius 3 is 2.65 bits per heavy atom. The number of hydrogen-bond donors (Lipinski definition) is 0. The Labute approximate surface area is 191 Å². The largest absolute Gasteiger partial charge is 0.467 e. The van der Waals surface area contributed by atoms with Crippen LogP contribution in [-0.2, 0) is 11.3 Å². The first kappa shape index (κ1) is 21.4. The van der Waals surface area contributed by atoms with Gasteiger partial charge in [-0.3, -0.25) is 9.69 Å². The van der Waals surface area contributed by atoms with E-state index in [1.165, 1.54) is 23.4 Å². The molecule has 9 heteroatoms. The van der Waals surface area contributed by atoms with E-state index >= 15 is 0 Å². The highest BCUT2D eigenvalue weighted by Crippen LogP contribution is 2.36. The highest BCUT2D eigenvalue weighted by atomic mass is 35.5. The molecule has 2 aromatic carbocycles. The van der Waals surface area contributed by atoms with E-state index in [1.54, 1.807) is 54.6 Å². The number of amides is 1. The Bertz CT molecular complexity index is 1210. The second-order valence-electron chi connectivity index (χ2n) is 6.37. The van der Waals surface area contributed by atoms with Crippen molar-refractivity contribution in [1.82, 2.24) is 4.90 Å².